The normalized spacial score (nSPS) is 17.4. The van der Waals surface area contributed by atoms with Crippen LogP contribution in [0, 0.1) is 75.5 Å². The summed E-state index contributed by atoms with van der Waals surface area (Å²) in [6, 6.07) is 7.52. The van der Waals surface area contributed by atoms with E-state index in [1.54, 1.807) is 0 Å². The van der Waals surface area contributed by atoms with Gasteiger partial charge in [-0.3, -0.25) is 0 Å². The molecule has 0 spiro atoms. The van der Waals surface area contributed by atoms with Gasteiger partial charge in [-0.2, -0.15) is 0 Å². The average Bonchev–Trinajstić information content (AvgIpc) is 3.14. The van der Waals surface area contributed by atoms with Crippen molar-refractivity contribution in [2.45, 2.75) is 0 Å². The van der Waals surface area contributed by atoms with E-state index in [0.717, 1.165) is 16.5 Å². The second-order valence-corrected chi connectivity index (χ2v) is 4.33. The summed E-state index contributed by atoms with van der Waals surface area (Å²) in [5.74, 6) is 7.17. The fourth-order valence-corrected chi connectivity index (χ4v) is 1.58. The van der Waals surface area contributed by atoms with Crippen molar-refractivity contribution in [2.24, 2.45) is 0 Å². The molecule has 0 atom stereocenters. The molecule has 2 aliphatic rings. The Bertz CT molecular complexity index is 409. The molecule has 100 valence electrons. The average molecular weight is 321 g/mol. The molecule has 0 unspecified atom stereocenters. The Kier molecular flexibility index (Phi) is 9.12. The Morgan fingerprint density at radius 1 is 0.650 bits per heavy atom. The van der Waals surface area contributed by atoms with Crippen LogP contribution in [-0.2, 0) is 17.1 Å². The molecule has 1 aromatic rings. The van der Waals surface area contributed by atoms with Crippen molar-refractivity contribution in [3.63, 3.8) is 0 Å². The molecular weight excluding hydrogens is 307 g/mol. The molecule has 1 aromatic carbocycles. The number of rotatable bonds is 0. The minimum atomic E-state index is 0. The topological polar surface area (TPSA) is 0 Å². The van der Waals surface area contributed by atoms with Crippen LogP contribution >= 0.6 is 11.6 Å². The quantitative estimate of drug-likeness (QED) is 0.498. The van der Waals surface area contributed by atoms with Gasteiger partial charge >= 0.3 is 0 Å². The standard InChI is InChI=1S/C13H8Cl.C5H5.Fe/c14-13-9-7-12(8-10-13)6-5-11-3-1-2-4-11;1-2-4-5-3-1;/h1-4,7-10H;1-5H;. The van der Waals surface area contributed by atoms with Gasteiger partial charge in [0.2, 0.25) is 0 Å². The Labute approximate surface area is 139 Å². The maximum Gasteiger partial charge on any atom is 0.0558 e. The van der Waals surface area contributed by atoms with Crippen LogP contribution in [-0.4, -0.2) is 0 Å². The van der Waals surface area contributed by atoms with Crippen LogP contribution in [0.4, 0.5) is 0 Å². The van der Waals surface area contributed by atoms with Gasteiger partial charge < -0.3 is 0 Å². The van der Waals surface area contributed by atoms with Crippen LogP contribution in [0.25, 0.3) is 0 Å². The summed E-state index contributed by atoms with van der Waals surface area (Å²) >= 11 is 5.76. The van der Waals surface area contributed by atoms with Crippen LogP contribution in [0.3, 0.4) is 0 Å². The first-order valence-corrected chi connectivity index (χ1v) is 6.38. The summed E-state index contributed by atoms with van der Waals surface area (Å²) in [6.07, 6.45) is 17.9. The van der Waals surface area contributed by atoms with Crippen LogP contribution in [0.15, 0.2) is 24.3 Å². The molecule has 2 fully saturated rings. The van der Waals surface area contributed by atoms with Crippen LogP contribution < -0.4 is 0 Å². The molecule has 0 nitrogen and oxygen atoms in total. The third kappa shape index (κ3) is 6.85. The van der Waals surface area contributed by atoms with Crippen molar-refractivity contribution in [1.82, 2.24) is 0 Å². The van der Waals surface area contributed by atoms with E-state index >= 15 is 0 Å². The SMILES string of the molecule is Clc1ccc(C#C[C]2[CH][CH][CH][CH]2)cc1.[CH]1[CH][CH][CH][CH]1.[Fe]. The van der Waals surface area contributed by atoms with Crippen LogP contribution in [0.1, 0.15) is 5.56 Å². The maximum atomic E-state index is 5.76. The minimum absolute atomic E-state index is 0. The van der Waals surface area contributed by atoms with E-state index < -0.39 is 0 Å². The predicted octanol–water partition coefficient (Wildman–Crippen LogP) is 4.12. The molecule has 0 N–H and O–H groups in total. The van der Waals surface area contributed by atoms with Gasteiger partial charge in [0.25, 0.3) is 0 Å². The third-order valence-corrected chi connectivity index (χ3v) is 2.67. The molecule has 10 radical (unpaired) electrons. The van der Waals surface area contributed by atoms with Crippen molar-refractivity contribution in [3.8, 4) is 11.8 Å². The van der Waals surface area contributed by atoms with E-state index in [1.807, 2.05) is 82.1 Å². The maximum absolute atomic E-state index is 5.76. The fourth-order valence-electron chi connectivity index (χ4n) is 1.46. The molecule has 0 saturated heterocycles. The molecule has 3 rings (SSSR count). The van der Waals surface area contributed by atoms with Crippen LogP contribution in [0.2, 0.25) is 5.02 Å². The third-order valence-electron chi connectivity index (χ3n) is 2.41. The number of benzene rings is 1. The Balaban J connectivity index is 0.000000283. The Hall–Kier alpha value is -0.411. The molecule has 0 amide bonds. The largest absolute Gasteiger partial charge is 0.0888 e. The summed E-state index contributed by atoms with van der Waals surface area (Å²) in [5.41, 5.74) is 0.982. The van der Waals surface area contributed by atoms with Crippen molar-refractivity contribution in [1.29, 1.82) is 0 Å². The Morgan fingerprint density at radius 3 is 1.65 bits per heavy atom. The number of hydrogen-bond acceptors (Lipinski definition) is 0. The second kappa shape index (κ2) is 10.3. The molecule has 0 heterocycles. The first kappa shape index (κ1) is 17.6. The monoisotopic (exact) mass is 320 g/mol. The number of hydrogen-bond donors (Lipinski definition) is 0. The zero-order valence-corrected chi connectivity index (χ0v) is 12.6. The zero-order valence-electron chi connectivity index (χ0n) is 10.7. The predicted molar refractivity (Wildman–Crippen MR) is 80.3 cm³/mol. The second-order valence-electron chi connectivity index (χ2n) is 3.89. The van der Waals surface area contributed by atoms with Gasteiger partial charge in [-0.25, -0.2) is 0 Å². The minimum Gasteiger partial charge on any atom is -0.0888 e. The molecule has 20 heavy (non-hydrogen) atoms. The van der Waals surface area contributed by atoms with E-state index in [1.165, 1.54) is 0 Å². The van der Waals surface area contributed by atoms with E-state index in [0.29, 0.717) is 0 Å². The van der Waals surface area contributed by atoms with Crippen molar-refractivity contribution in [2.75, 3.05) is 0 Å². The van der Waals surface area contributed by atoms with Crippen molar-refractivity contribution in [3.05, 3.63) is 98.6 Å². The van der Waals surface area contributed by atoms with Crippen molar-refractivity contribution >= 4 is 11.6 Å². The summed E-state index contributed by atoms with van der Waals surface area (Å²) in [7, 11) is 0. The molecule has 0 aromatic heterocycles. The summed E-state index contributed by atoms with van der Waals surface area (Å²) in [6.45, 7) is 0. The van der Waals surface area contributed by atoms with E-state index in [9.17, 15) is 0 Å². The Morgan fingerprint density at radius 2 is 1.15 bits per heavy atom. The fraction of sp³-hybridized carbons (Fsp3) is 0. The molecule has 0 aliphatic heterocycles. The van der Waals surface area contributed by atoms with Crippen LogP contribution in [0.5, 0.6) is 0 Å². The first-order valence-electron chi connectivity index (χ1n) is 6.00. The summed E-state index contributed by atoms with van der Waals surface area (Å²) in [4.78, 5) is 0. The van der Waals surface area contributed by atoms with E-state index in [2.05, 4.69) is 11.8 Å². The summed E-state index contributed by atoms with van der Waals surface area (Å²) in [5, 5.41) is 0.740. The van der Waals surface area contributed by atoms with Crippen molar-refractivity contribution < 1.29 is 17.1 Å². The van der Waals surface area contributed by atoms with Gasteiger partial charge in [-0.15, -0.1) is 0 Å². The molecule has 0 bridgehead atoms. The smallest absolute Gasteiger partial charge is 0.0558 e. The van der Waals surface area contributed by atoms with Gasteiger partial charge in [0, 0.05) is 27.7 Å². The molecular formula is C18H13ClFe. The van der Waals surface area contributed by atoms with Gasteiger partial charge in [0.1, 0.15) is 0 Å². The van der Waals surface area contributed by atoms with Gasteiger partial charge in [0.05, 0.1) is 5.92 Å². The van der Waals surface area contributed by atoms with Gasteiger partial charge in [0.15, 0.2) is 0 Å². The van der Waals surface area contributed by atoms with Gasteiger partial charge in [-0.05, 0) is 82.1 Å². The van der Waals surface area contributed by atoms with E-state index in [-0.39, 0.29) is 17.1 Å². The number of halogens is 1. The molecule has 2 aliphatic carbocycles. The zero-order chi connectivity index (χ0) is 13.3. The summed E-state index contributed by atoms with van der Waals surface area (Å²) < 4.78 is 0. The van der Waals surface area contributed by atoms with E-state index in [4.69, 9.17) is 11.6 Å². The first-order chi connectivity index (χ1) is 9.34. The van der Waals surface area contributed by atoms with Gasteiger partial charge in [-0.1, -0.05) is 23.4 Å². The molecule has 2 saturated carbocycles. The molecule has 2 heteroatoms.